The molecule has 0 heterocycles. The van der Waals surface area contributed by atoms with Crippen molar-refractivity contribution < 1.29 is 25.1 Å². The van der Waals surface area contributed by atoms with Crippen molar-refractivity contribution >= 4 is 5.78 Å². The number of Topliss-reactive ketones (excluding diaryl/α,β-unsaturated/α-hetero) is 1. The van der Waals surface area contributed by atoms with Crippen LogP contribution in [0.1, 0.15) is 21.7 Å². The number of hydrogen-bond donors (Lipinski definition) is 0. The largest absolute Gasteiger partial charge is 1.00 e. The van der Waals surface area contributed by atoms with E-state index in [1.165, 1.54) is 0 Å². The van der Waals surface area contributed by atoms with Crippen molar-refractivity contribution in [3.63, 3.8) is 0 Å². The van der Waals surface area contributed by atoms with Crippen LogP contribution in [-0.4, -0.2) is 5.78 Å². The molecule has 0 aliphatic carbocycles. The molecular formula is C4H9LiO. The number of rotatable bonds is 1. The molecule has 1 nitrogen and oxygen atoms in total. The second kappa shape index (κ2) is 5.27. The van der Waals surface area contributed by atoms with Crippen LogP contribution >= 0.6 is 0 Å². The van der Waals surface area contributed by atoms with Gasteiger partial charge in [-0.2, -0.15) is 0 Å². The van der Waals surface area contributed by atoms with Crippen molar-refractivity contribution in [1.82, 2.24) is 0 Å². The summed E-state index contributed by atoms with van der Waals surface area (Å²) in [5.74, 6) is 0.255. The Bertz CT molecular complexity index is 47.0. The molecule has 0 amide bonds. The maximum atomic E-state index is 9.81. The van der Waals surface area contributed by atoms with Crippen molar-refractivity contribution in [2.24, 2.45) is 0 Å². The smallest absolute Gasteiger partial charge is 1.00 e. The van der Waals surface area contributed by atoms with Gasteiger partial charge in [-0.1, -0.05) is 6.92 Å². The fraction of sp³-hybridized carbons (Fsp3) is 0.750. The van der Waals surface area contributed by atoms with Gasteiger partial charge in [-0.25, -0.2) is 0 Å². The molecular weight excluding hydrogens is 71.0 g/mol. The summed E-state index contributed by atoms with van der Waals surface area (Å²) < 4.78 is 0. The Kier molecular flexibility index (Phi) is 8.38. The molecule has 0 radical (unpaired) electrons. The minimum Gasteiger partial charge on any atom is -1.00 e. The molecule has 32 valence electrons. The maximum absolute atomic E-state index is 9.81. The monoisotopic (exact) mass is 80.1 g/mol. The van der Waals surface area contributed by atoms with E-state index < -0.39 is 0 Å². The van der Waals surface area contributed by atoms with E-state index in [0.29, 0.717) is 6.42 Å². The molecule has 0 bridgehead atoms. The van der Waals surface area contributed by atoms with Crippen LogP contribution < -0.4 is 18.9 Å². The fourth-order valence-electron chi connectivity index (χ4n) is 0. The fourth-order valence-corrected chi connectivity index (χ4v) is 0. The molecule has 0 aromatic carbocycles. The van der Waals surface area contributed by atoms with E-state index >= 15 is 0 Å². The van der Waals surface area contributed by atoms with Gasteiger partial charge in [0.2, 0.25) is 0 Å². The molecule has 2 heteroatoms. The van der Waals surface area contributed by atoms with E-state index in [1.54, 1.807) is 6.92 Å². The van der Waals surface area contributed by atoms with Crippen molar-refractivity contribution in [3.05, 3.63) is 0 Å². The van der Waals surface area contributed by atoms with Gasteiger partial charge in [0.05, 0.1) is 0 Å². The molecule has 0 aromatic heterocycles. The zero-order valence-electron chi connectivity index (χ0n) is 5.62. The van der Waals surface area contributed by atoms with Crippen molar-refractivity contribution in [2.45, 2.75) is 20.3 Å². The predicted molar refractivity (Wildman–Crippen MR) is 22.1 cm³/mol. The molecule has 0 saturated heterocycles. The van der Waals surface area contributed by atoms with Gasteiger partial charge in [0.1, 0.15) is 5.78 Å². The summed E-state index contributed by atoms with van der Waals surface area (Å²) in [7, 11) is 0. The Balaban J connectivity index is -0.0000000800. The van der Waals surface area contributed by atoms with Crippen LogP contribution in [0.15, 0.2) is 0 Å². The van der Waals surface area contributed by atoms with Crippen LogP contribution in [-0.2, 0) is 4.79 Å². The van der Waals surface area contributed by atoms with Gasteiger partial charge in [-0.05, 0) is 6.92 Å². The van der Waals surface area contributed by atoms with Crippen molar-refractivity contribution in [2.75, 3.05) is 0 Å². The molecule has 0 unspecified atom stereocenters. The van der Waals surface area contributed by atoms with Crippen LogP contribution in [0.3, 0.4) is 0 Å². The van der Waals surface area contributed by atoms with Crippen LogP contribution in [0.2, 0.25) is 0 Å². The molecule has 0 rings (SSSR count). The predicted octanol–water partition coefficient (Wildman–Crippen LogP) is -1.90. The molecule has 0 N–H and O–H groups in total. The van der Waals surface area contributed by atoms with E-state index in [9.17, 15) is 4.79 Å². The minimum atomic E-state index is 0. The van der Waals surface area contributed by atoms with Gasteiger partial charge in [0.15, 0.2) is 0 Å². The first kappa shape index (κ1) is 9.55. The summed E-state index contributed by atoms with van der Waals surface area (Å²) in [6.45, 7) is 3.43. The summed E-state index contributed by atoms with van der Waals surface area (Å²) in [6, 6.07) is 0. The van der Waals surface area contributed by atoms with Gasteiger partial charge >= 0.3 is 18.9 Å². The van der Waals surface area contributed by atoms with Gasteiger partial charge in [-0.15, -0.1) is 0 Å². The molecule has 6 heavy (non-hydrogen) atoms. The Morgan fingerprint density at radius 2 is 2.00 bits per heavy atom. The normalized spacial score (nSPS) is 6.33. The molecule has 0 atom stereocenters. The van der Waals surface area contributed by atoms with E-state index in [0.717, 1.165) is 0 Å². The Hall–Kier alpha value is 0.267. The number of carbonyl (C=O) groups excluding carboxylic acids is 1. The molecule has 0 spiro atoms. The Morgan fingerprint density at radius 3 is 2.00 bits per heavy atom. The molecule has 0 saturated carbocycles. The molecule has 0 aliphatic rings. The summed E-state index contributed by atoms with van der Waals surface area (Å²) in [6.07, 6.45) is 0.667. The average Bonchev–Trinajstić information content (AvgIpc) is 1.38. The van der Waals surface area contributed by atoms with E-state index in [4.69, 9.17) is 0 Å². The van der Waals surface area contributed by atoms with E-state index in [-0.39, 0.29) is 26.1 Å². The SMILES string of the molecule is CCC(C)=O.[H-].[Li+]. The van der Waals surface area contributed by atoms with Gasteiger partial charge < -0.3 is 6.22 Å². The first-order valence-corrected chi connectivity index (χ1v) is 1.76. The third-order valence-electron chi connectivity index (χ3n) is 0.498. The zero-order valence-corrected chi connectivity index (χ0v) is 4.62. The third-order valence-corrected chi connectivity index (χ3v) is 0.498. The number of ketones is 1. The Morgan fingerprint density at radius 1 is 1.83 bits per heavy atom. The third kappa shape index (κ3) is 8.86. The van der Waals surface area contributed by atoms with Gasteiger partial charge in [0, 0.05) is 6.42 Å². The quantitative estimate of drug-likeness (QED) is 0.336. The summed E-state index contributed by atoms with van der Waals surface area (Å²) >= 11 is 0. The molecule has 0 fully saturated rings. The Labute approximate surface area is 51.8 Å². The van der Waals surface area contributed by atoms with Gasteiger partial charge in [-0.3, -0.25) is 0 Å². The number of carbonyl (C=O) groups is 1. The van der Waals surface area contributed by atoms with Crippen LogP contribution in [0.5, 0.6) is 0 Å². The maximum Gasteiger partial charge on any atom is 1.00 e. The summed E-state index contributed by atoms with van der Waals surface area (Å²) in [4.78, 5) is 9.81. The average molecular weight is 80.1 g/mol. The van der Waals surface area contributed by atoms with E-state index in [1.807, 2.05) is 6.92 Å². The van der Waals surface area contributed by atoms with Crippen LogP contribution in [0.4, 0.5) is 0 Å². The zero-order chi connectivity index (χ0) is 4.28. The summed E-state index contributed by atoms with van der Waals surface area (Å²) in [5, 5.41) is 0. The topological polar surface area (TPSA) is 17.1 Å². The van der Waals surface area contributed by atoms with Crippen LogP contribution in [0, 0.1) is 0 Å². The van der Waals surface area contributed by atoms with Crippen LogP contribution in [0.25, 0.3) is 0 Å². The minimum absolute atomic E-state index is 0. The second-order valence-corrected chi connectivity index (χ2v) is 1.06. The van der Waals surface area contributed by atoms with Crippen molar-refractivity contribution in [3.8, 4) is 0 Å². The molecule has 0 aromatic rings. The molecule has 0 aliphatic heterocycles. The van der Waals surface area contributed by atoms with E-state index in [2.05, 4.69) is 0 Å². The second-order valence-electron chi connectivity index (χ2n) is 1.06. The van der Waals surface area contributed by atoms with Crippen molar-refractivity contribution in [1.29, 1.82) is 0 Å². The first-order valence-electron chi connectivity index (χ1n) is 1.76. The number of hydrogen-bond acceptors (Lipinski definition) is 1. The standard InChI is InChI=1S/C4H8O.Li.H/c1-3-4(2)5;;/h3H2,1-2H3;;/q;+1;-1. The van der Waals surface area contributed by atoms with Gasteiger partial charge in [0.25, 0.3) is 0 Å². The summed E-state index contributed by atoms with van der Waals surface area (Å²) in [5.41, 5.74) is 0. The first-order chi connectivity index (χ1) is 2.27.